The highest BCUT2D eigenvalue weighted by molar-refractivity contribution is 5.26. The van der Waals surface area contributed by atoms with E-state index in [2.05, 4.69) is 49.9 Å². The van der Waals surface area contributed by atoms with E-state index in [0.717, 1.165) is 12.3 Å². The molecule has 17 heavy (non-hydrogen) atoms. The summed E-state index contributed by atoms with van der Waals surface area (Å²) >= 11 is 0. The SMILES string of the molecule is C=CCCC(C)(c1ccccc1)C1CCCC1. The van der Waals surface area contributed by atoms with Crippen molar-refractivity contribution in [1.29, 1.82) is 0 Å². The molecule has 92 valence electrons. The van der Waals surface area contributed by atoms with Gasteiger partial charge in [-0.1, -0.05) is 56.2 Å². The smallest absolute Gasteiger partial charge is 0.00441 e. The highest BCUT2D eigenvalue weighted by atomic mass is 14.4. The minimum atomic E-state index is 0.353. The number of rotatable bonds is 5. The molecular weight excluding hydrogens is 204 g/mol. The van der Waals surface area contributed by atoms with Gasteiger partial charge in [0.1, 0.15) is 0 Å². The molecule has 0 amide bonds. The summed E-state index contributed by atoms with van der Waals surface area (Å²) in [5.41, 5.74) is 1.88. The maximum Gasteiger partial charge on any atom is -0.00441 e. The Labute approximate surface area is 106 Å². The zero-order valence-corrected chi connectivity index (χ0v) is 11.0. The molecule has 1 aliphatic rings. The molecule has 1 aliphatic carbocycles. The van der Waals surface area contributed by atoms with Crippen molar-refractivity contribution in [3.05, 3.63) is 48.6 Å². The molecule has 0 saturated heterocycles. The second kappa shape index (κ2) is 5.53. The molecule has 0 aromatic heterocycles. The summed E-state index contributed by atoms with van der Waals surface area (Å²) in [6, 6.07) is 11.1. The van der Waals surface area contributed by atoms with Crippen molar-refractivity contribution in [2.45, 2.75) is 50.9 Å². The van der Waals surface area contributed by atoms with E-state index in [4.69, 9.17) is 0 Å². The van der Waals surface area contributed by atoms with E-state index in [1.165, 1.54) is 37.7 Å². The first-order chi connectivity index (χ1) is 8.27. The fourth-order valence-corrected chi connectivity index (χ4v) is 3.37. The van der Waals surface area contributed by atoms with Crippen LogP contribution in [0.4, 0.5) is 0 Å². The summed E-state index contributed by atoms with van der Waals surface area (Å²) in [5.74, 6) is 0.866. The molecule has 1 fully saturated rings. The van der Waals surface area contributed by atoms with E-state index in [1.807, 2.05) is 0 Å². The third-order valence-corrected chi connectivity index (χ3v) is 4.56. The molecule has 1 aromatic carbocycles. The average molecular weight is 228 g/mol. The molecule has 1 unspecified atom stereocenters. The largest absolute Gasteiger partial charge is 0.103 e. The van der Waals surface area contributed by atoms with Crippen LogP contribution in [-0.2, 0) is 5.41 Å². The molecule has 0 heteroatoms. The second-order valence-corrected chi connectivity index (χ2v) is 5.59. The van der Waals surface area contributed by atoms with E-state index < -0.39 is 0 Å². The molecule has 0 spiro atoms. The van der Waals surface area contributed by atoms with Crippen LogP contribution >= 0.6 is 0 Å². The van der Waals surface area contributed by atoms with Gasteiger partial charge >= 0.3 is 0 Å². The quantitative estimate of drug-likeness (QED) is 0.615. The topological polar surface area (TPSA) is 0 Å². The first kappa shape index (κ1) is 12.4. The molecule has 1 aromatic rings. The minimum absolute atomic E-state index is 0.353. The lowest BCUT2D eigenvalue weighted by atomic mass is 9.68. The van der Waals surface area contributed by atoms with Crippen molar-refractivity contribution in [3.8, 4) is 0 Å². The van der Waals surface area contributed by atoms with E-state index in [9.17, 15) is 0 Å². The molecule has 1 saturated carbocycles. The zero-order valence-electron chi connectivity index (χ0n) is 11.0. The first-order valence-electron chi connectivity index (χ1n) is 6.94. The van der Waals surface area contributed by atoms with Crippen LogP contribution in [0, 0.1) is 5.92 Å². The summed E-state index contributed by atoms with van der Waals surface area (Å²) in [4.78, 5) is 0. The van der Waals surface area contributed by atoms with Crippen LogP contribution in [0.1, 0.15) is 51.0 Å². The van der Waals surface area contributed by atoms with E-state index in [1.54, 1.807) is 0 Å². The van der Waals surface area contributed by atoms with Gasteiger partial charge in [0.05, 0.1) is 0 Å². The molecule has 0 heterocycles. The van der Waals surface area contributed by atoms with Crippen LogP contribution in [0.3, 0.4) is 0 Å². The normalized spacial score (nSPS) is 20.1. The van der Waals surface area contributed by atoms with Gasteiger partial charge in [-0.2, -0.15) is 0 Å². The van der Waals surface area contributed by atoms with Crippen molar-refractivity contribution in [2.75, 3.05) is 0 Å². The van der Waals surface area contributed by atoms with E-state index in [0.29, 0.717) is 5.41 Å². The van der Waals surface area contributed by atoms with Gasteiger partial charge in [0.15, 0.2) is 0 Å². The maximum atomic E-state index is 3.88. The van der Waals surface area contributed by atoms with Crippen LogP contribution in [-0.4, -0.2) is 0 Å². The molecule has 0 radical (unpaired) electrons. The van der Waals surface area contributed by atoms with Crippen molar-refractivity contribution in [2.24, 2.45) is 5.92 Å². The van der Waals surface area contributed by atoms with Crippen molar-refractivity contribution in [1.82, 2.24) is 0 Å². The number of allylic oxidation sites excluding steroid dienone is 1. The van der Waals surface area contributed by atoms with Crippen LogP contribution in [0.25, 0.3) is 0 Å². The maximum absolute atomic E-state index is 3.88. The van der Waals surface area contributed by atoms with Gasteiger partial charge in [0.25, 0.3) is 0 Å². The summed E-state index contributed by atoms with van der Waals surface area (Å²) in [6.07, 6.45) is 10.1. The summed E-state index contributed by atoms with van der Waals surface area (Å²) in [5, 5.41) is 0. The third kappa shape index (κ3) is 2.62. The second-order valence-electron chi connectivity index (χ2n) is 5.59. The van der Waals surface area contributed by atoms with Gasteiger partial charge in [0, 0.05) is 0 Å². The minimum Gasteiger partial charge on any atom is -0.103 e. The van der Waals surface area contributed by atoms with Crippen LogP contribution in [0.15, 0.2) is 43.0 Å². The Morgan fingerprint density at radius 1 is 1.24 bits per heavy atom. The lowest BCUT2D eigenvalue weighted by Gasteiger charge is -2.36. The van der Waals surface area contributed by atoms with Crippen molar-refractivity contribution in [3.63, 3.8) is 0 Å². The molecule has 2 rings (SSSR count). The van der Waals surface area contributed by atoms with Crippen LogP contribution in [0.5, 0.6) is 0 Å². The highest BCUT2D eigenvalue weighted by Gasteiger charge is 2.36. The first-order valence-corrected chi connectivity index (χ1v) is 6.94. The lowest BCUT2D eigenvalue weighted by molar-refractivity contribution is 0.278. The number of benzene rings is 1. The number of hydrogen-bond donors (Lipinski definition) is 0. The Kier molecular flexibility index (Phi) is 4.04. The van der Waals surface area contributed by atoms with Gasteiger partial charge in [-0.25, -0.2) is 0 Å². The van der Waals surface area contributed by atoms with Crippen molar-refractivity contribution < 1.29 is 0 Å². The molecule has 0 bridgehead atoms. The Balaban J connectivity index is 2.25. The lowest BCUT2D eigenvalue weighted by Crippen LogP contribution is -2.30. The zero-order chi connectivity index (χ0) is 12.1. The molecule has 0 nitrogen and oxygen atoms in total. The fraction of sp³-hybridized carbons (Fsp3) is 0.529. The summed E-state index contributed by atoms with van der Waals surface area (Å²) < 4.78 is 0. The Hall–Kier alpha value is -1.04. The van der Waals surface area contributed by atoms with Gasteiger partial charge in [0.2, 0.25) is 0 Å². The highest BCUT2D eigenvalue weighted by Crippen LogP contribution is 2.44. The van der Waals surface area contributed by atoms with E-state index in [-0.39, 0.29) is 0 Å². The van der Waals surface area contributed by atoms with Gasteiger partial charge < -0.3 is 0 Å². The van der Waals surface area contributed by atoms with Crippen LogP contribution in [0.2, 0.25) is 0 Å². The predicted octanol–water partition coefficient (Wildman–Crippen LogP) is 5.10. The van der Waals surface area contributed by atoms with E-state index >= 15 is 0 Å². The molecule has 0 aliphatic heterocycles. The monoisotopic (exact) mass is 228 g/mol. The van der Waals surface area contributed by atoms with Crippen molar-refractivity contribution >= 4 is 0 Å². The third-order valence-electron chi connectivity index (χ3n) is 4.56. The average Bonchev–Trinajstić information content (AvgIpc) is 2.91. The van der Waals surface area contributed by atoms with Gasteiger partial charge in [-0.05, 0) is 42.6 Å². The van der Waals surface area contributed by atoms with Gasteiger partial charge in [-0.15, -0.1) is 6.58 Å². The Morgan fingerprint density at radius 2 is 1.88 bits per heavy atom. The standard InChI is InChI=1S/C17H24/c1-3-4-14-17(2,16-12-8-9-13-16)15-10-6-5-7-11-15/h3,5-7,10-11,16H,1,4,8-9,12-14H2,2H3. The molecular formula is C17H24. The summed E-state index contributed by atoms with van der Waals surface area (Å²) in [6.45, 7) is 6.34. The number of hydrogen-bond acceptors (Lipinski definition) is 0. The Morgan fingerprint density at radius 3 is 2.47 bits per heavy atom. The molecule has 1 atom stereocenters. The van der Waals surface area contributed by atoms with Gasteiger partial charge in [-0.3, -0.25) is 0 Å². The molecule has 0 N–H and O–H groups in total. The summed E-state index contributed by atoms with van der Waals surface area (Å²) in [7, 11) is 0. The predicted molar refractivity (Wildman–Crippen MR) is 75.2 cm³/mol. The fourth-order valence-electron chi connectivity index (χ4n) is 3.37. The Bertz CT molecular complexity index is 346. The van der Waals surface area contributed by atoms with Crippen LogP contribution < -0.4 is 0 Å².